The quantitative estimate of drug-likeness (QED) is 0.762. The minimum Gasteiger partial charge on any atom is -0.497 e. The normalized spacial score (nSPS) is 10.3. The summed E-state index contributed by atoms with van der Waals surface area (Å²) in [6.45, 7) is 0.577. The van der Waals surface area contributed by atoms with Crippen LogP contribution >= 0.6 is 11.8 Å². The summed E-state index contributed by atoms with van der Waals surface area (Å²) in [6, 6.07) is 9.34. The molecule has 2 rings (SSSR count). The molecule has 0 spiro atoms. The Balaban J connectivity index is 1.84. The molecule has 0 aliphatic heterocycles. The molecule has 0 atom stereocenters. The standard InChI is InChI=1S/C15H17N3O4S/c1-22-12-4-2-11(3-5-12)8-18-7-6-13(17-18)16-14(19)9-23-10-15(20)21/h2-7H,8-10H2,1H3,(H,20,21)(H,16,17,19). The first-order valence-corrected chi connectivity index (χ1v) is 7.98. The highest BCUT2D eigenvalue weighted by atomic mass is 32.2. The third-order valence-electron chi connectivity index (χ3n) is 2.87. The predicted octanol–water partition coefficient (Wildman–Crippen LogP) is 1.70. The molecule has 0 aliphatic carbocycles. The number of ether oxygens (including phenoxy) is 1. The van der Waals surface area contributed by atoms with Gasteiger partial charge in [-0.15, -0.1) is 11.8 Å². The zero-order valence-electron chi connectivity index (χ0n) is 12.6. The number of carbonyl (C=O) groups is 2. The smallest absolute Gasteiger partial charge is 0.313 e. The van der Waals surface area contributed by atoms with Crippen LogP contribution in [-0.4, -0.2) is 45.4 Å². The summed E-state index contributed by atoms with van der Waals surface area (Å²) in [4.78, 5) is 22.0. The summed E-state index contributed by atoms with van der Waals surface area (Å²) in [6.07, 6.45) is 1.77. The molecule has 0 bridgehead atoms. The number of nitrogens with one attached hydrogen (secondary N) is 1. The number of aliphatic carboxylic acids is 1. The van der Waals surface area contributed by atoms with Crippen molar-refractivity contribution in [2.45, 2.75) is 6.54 Å². The van der Waals surface area contributed by atoms with Gasteiger partial charge in [0.05, 0.1) is 25.2 Å². The molecule has 0 saturated carbocycles. The SMILES string of the molecule is COc1ccc(Cn2ccc(NC(=O)CSCC(=O)O)n2)cc1. The number of amides is 1. The predicted molar refractivity (Wildman–Crippen MR) is 87.9 cm³/mol. The highest BCUT2D eigenvalue weighted by Crippen LogP contribution is 2.13. The van der Waals surface area contributed by atoms with E-state index in [1.165, 1.54) is 0 Å². The fourth-order valence-electron chi connectivity index (χ4n) is 1.84. The second-order valence-corrected chi connectivity index (χ2v) is 5.67. The number of rotatable bonds is 8. The monoisotopic (exact) mass is 335 g/mol. The molecule has 2 N–H and O–H groups in total. The molecule has 1 aromatic heterocycles. The van der Waals surface area contributed by atoms with E-state index in [1.807, 2.05) is 24.3 Å². The molecule has 0 radical (unpaired) electrons. The van der Waals surface area contributed by atoms with Crippen LogP contribution in [0.5, 0.6) is 5.75 Å². The highest BCUT2D eigenvalue weighted by molar-refractivity contribution is 8.00. The van der Waals surface area contributed by atoms with Gasteiger partial charge in [0.2, 0.25) is 5.91 Å². The minimum atomic E-state index is -0.938. The van der Waals surface area contributed by atoms with E-state index in [0.717, 1.165) is 23.1 Å². The number of carboxylic acids is 1. The van der Waals surface area contributed by atoms with Gasteiger partial charge in [-0.25, -0.2) is 0 Å². The Labute approximate surface area is 137 Å². The molecule has 1 amide bonds. The molecule has 7 nitrogen and oxygen atoms in total. The van der Waals surface area contributed by atoms with Crippen LogP contribution in [0.1, 0.15) is 5.56 Å². The van der Waals surface area contributed by atoms with E-state index < -0.39 is 5.97 Å². The molecule has 23 heavy (non-hydrogen) atoms. The van der Waals surface area contributed by atoms with E-state index in [9.17, 15) is 9.59 Å². The van der Waals surface area contributed by atoms with Gasteiger partial charge < -0.3 is 15.2 Å². The summed E-state index contributed by atoms with van der Waals surface area (Å²) in [5.41, 5.74) is 1.06. The zero-order valence-corrected chi connectivity index (χ0v) is 13.4. The second kappa shape index (κ2) is 8.23. The molecule has 0 saturated heterocycles. The maximum atomic E-state index is 11.6. The lowest BCUT2D eigenvalue weighted by molar-refractivity contribution is -0.133. The van der Waals surface area contributed by atoms with Crippen molar-refractivity contribution in [1.29, 1.82) is 0 Å². The van der Waals surface area contributed by atoms with Gasteiger partial charge in [0.25, 0.3) is 0 Å². The maximum Gasteiger partial charge on any atom is 0.313 e. The topological polar surface area (TPSA) is 93.5 Å². The maximum absolute atomic E-state index is 11.6. The van der Waals surface area contributed by atoms with Crippen LogP contribution in [0.15, 0.2) is 36.5 Å². The first-order chi connectivity index (χ1) is 11.1. The van der Waals surface area contributed by atoms with E-state index in [1.54, 1.807) is 24.1 Å². The molecule has 0 aliphatic rings. The fraction of sp³-hybridized carbons (Fsp3) is 0.267. The van der Waals surface area contributed by atoms with Crippen LogP contribution in [0.3, 0.4) is 0 Å². The lowest BCUT2D eigenvalue weighted by Gasteiger charge is -2.04. The van der Waals surface area contributed by atoms with Crippen molar-refractivity contribution >= 4 is 29.5 Å². The van der Waals surface area contributed by atoms with Gasteiger partial charge in [-0.3, -0.25) is 14.3 Å². The second-order valence-electron chi connectivity index (χ2n) is 4.68. The minimum absolute atomic E-state index is 0.0810. The summed E-state index contributed by atoms with van der Waals surface area (Å²) in [5.74, 6) is 0.00901. The number of aromatic nitrogens is 2. The van der Waals surface area contributed by atoms with Crippen LogP contribution in [-0.2, 0) is 16.1 Å². The van der Waals surface area contributed by atoms with Gasteiger partial charge in [-0.2, -0.15) is 5.10 Å². The third-order valence-corrected chi connectivity index (χ3v) is 3.79. The summed E-state index contributed by atoms with van der Waals surface area (Å²) in [7, 11) is 1.62. The number of methoxy groups -OCH3 is 1. The van der Waals surface area contributed by atoms with Gasteiger partial charge in [-0.05, 0) is 17.7 Å². The molecular weight excluding hydrogens is 318 g/mol. The van der Waals surface area contributed by atoms with Crippen molar-refractivity contribution in [3.8, 4) is 5.75 Å². The molecule has 8 heteroatoms. The lowest BCUT2D eigenvalue weighted by Crippen LogP contribution is -2.16. The van der Waals surface area contributed by atoms with Gasteiger partial charge in [0, 0.05) is 12.3 Å². The van der Waals surface area contributed by atoms with E-state index in [4.69, 9.17) is 9.84 Å². The largest absolute Gasteiger partial charge is 0.497 e. The van der Waals surface area contributed by atoms with Crippen molar-refractivity contribution in [3.63, 3.8) is 0 Å². The molecule has 1 heterocycles. The van der Waals surface area contributed by atoms with Crippen LogP contribution in [0, 0.1) is 0 Å². The van der Waals surface area contributed by atoms with Gasteiger partial charge in [0.1, 0.15) is 5.75 Å². The molecule has 122 valence electrons. The van der Waals surface area contributed by atoms with E-state index in [0.29, 0.717) is 12.4 Å². The lowest BCUT2D eigenvalue weighted by atomic mass is 10.2. The third kappa shape index (κ3) is 5.67. The number of benzene rings is 1. The average Bonchev–Trinajstić information content (AvgIpc) is 2.94. The number of thioether (sulfide) groups is 1. The zero-order chi connectivity index (χ0) is 16.7. The van der Waals surface area contributed by atoms with E-state index in [2.05, 4.69) is 10.4 Å². The first kappa shape index (κ1) is 16.9. The molecule has 0 unspecified atom stereocenters. The highest BCUT2D eigenvalue weighted by Gasteiger charge is 2.07. The Morgan fingerprint density at radius 1 is 1.26 bits per heavy atom. The summed E-state index contributed by atoms with van der Waals surface area (Å²) in [5, 5.41) is 15.4. The van der Waals surface area contributed by atoms with Crippen molar-refractivity contribution in [1.82, 2.24) is 9.78 Å². The number of anilines is 1. The van der Waals surface area contributed by atoms with Gasteiger partial charge >= 0.3 is 5.97 Å². The Morgan fingerprint density at radius 2 is 2.00 bits per heavy atom. The number of hydrogen-bond donors (Lipinski definition) is 2. The van der Waals surface area contributed by atoms with Crippen LogP contribution < -0.4 is 10.1 Å². The van der Waals surface area contributed by atoms with Gasteiger partial charge in [0.15, 0.2) is 5.82 Å². The Morgan fingerprint density at radius 3 is 2.65 bits per heavy atom. The van der Waals surface area contributed by atoms with E-state index in [-0.39, 0.29) is 17.4 Å². The molecule has 1 aromatic carbocycles. The Hall–Kier alpha value is -2.48. The van der Waals surface area contributed by atoms with Crippen LogP contribution in [0.2, 0.25) is 0 Å². The van der Waals surface area contributed by atoms with Crippen molar-refractivity contribution in [2.24, 2.45) is 0 Å². The Kier molecular flexibility index (Phi) is 6.04. The molecule has 2 aromatic rings. The van der Waals surface area contributed by atoms with Crippen LogP contribution in [0.4, 0.5) is 5.82 Å². The molecular formula is C15H17N3O4S. The van der Waals surface area contributed by atoms with Crippen LogP contribution in [0.25, 0.3) is 0 Å². The summed E-state index contributed by atoms with van der Waals surface area (Å²) >= 11 is 1.04. The number of carboxylic acid groups (broad SMARTS) is 1. The fourth-order valence-corrected chi connectivity index (χ4v) is 2.38. The first-order valence-electron chi connectivity index (χ1n) is 6.82. The van der Waals surface area contributed by atoms with Gasteiger partial charge in [-0.1, -0.05) is 12.1 Å². The number of hydrogen-bond acceptors (Lipinski definition) is 5. The number of carbonyl (C=O) groups excluding carboxylic acids is 1. The Bertz CT molecular complexity index is 670. The molecule has 0 fully saturated rings. The summed E-state index contributed by atoms with van der Waals surface area (Å²) < 4.78 is 6.82. The van der Waals surface area contributed by atoms with Crippen molar-refractivity contribution < 1.29 is 19.4 Å². The van der Waals surface area contributed by atoms with E-state index >= 15 is 0 Å². The van der Waals surface area contributed by atoms with Crippen molar-refractivity contribution in [3.05, 3.63) is 42.1 Å². The van der Waals surface area contributed by atoms with Crippen molar-refractivity contribution in [2.75, 3.05) is 23.9 Å². The number of nitrogens with zero attached hydrogens (tertiary/aromatic N) is 2. The average molecular weight is 335 g/mol.